The van der Waals surface area contributed by atoms with Gasteiger partial charge in [-0.1, -0.05) is 24.9 Å². The number of carbonyl (C=O) groups excluding carboxylic acids is 1. The average molecular weight is 312 g/mol. The number of nitro groups is 1. The lowest BCUT2D eigenvalue weighted by Gasteiger charge is -2.18. The molecule has 21 heavy (non-hydrogen) atoms. The van der Waals surface area contributed by atoms with E-state index in [4.69, 9.17) is 17.3 Å². The largest absolute Gasteiger partial charge is 0.397 e. The van der Waals surface area contributed by atoms with Crippen LogP contribution >= 0.6 is 11.6 Å². The van der Waals surface area contributed by atoms with Crippen LogP contribution < -0.4 is 5.73 Å². The molecule has 0 aromatic heterocycles. The molecule has 114 valence electrons. The van der Waals surface area contributed by atoms with Gasteiger partial charge in [-0.25, -0.2) is 0 Å². The molecule has 2 N–H and O–H groups in total. The number of rotatable bonds is 4. The van der Waals surface area contributed by atoms with Crippen molar-refractivity contribution in [3.8, 4) is 0 Å². The van der Waals surface area contributed by atoms with Gasteiger partial charge in [0.1, 0.15) is 0 Å². The van der Waals surface area contributed by atoms with Gasteiger partial charge in [0.05, 0.1) is 21.2 Å². The van der Waals surface area contributed by atoms with Crippen molar-refractivity contribution in [2.75, 3.05) is 18.8 Å². The number of benzene rings is 1. The summed E-state index contributed by atoms with van der Waals surface area (Å²) in [5, 5.41) is 10.9. The molecule has 1 aliphatic heterocycles. The van der Waals surface area contributed by atoms with Crippen molar-refractivity contribution in [1.29, 1.82) is 0 Å². The number of nitrogen functional groups attached to an aromatic ring is 1. The SMILES string of the molecule is CCCC1CCN(C(=O)c2cc([N+](=O)[O-])cc(Cl)c2N)C1. The number of anilines is 1. The fraction of sp³-hybridized carbons (Fsp3) is 0.500. The summed E-state index contributed by atoms with van der Waals surface area (Å²) in [4.78, 5) is 24.5. The Kier molecular flexibility index (Phi) is 4.67. The van der Waals surface area contributed by atoms with Crippen LogP contribution in [0.4, 0.5) is 11.4 Å². The normalized spacial score (nSPS) is 18.0. The standard InChI is InChI=1S/C14H18ClN3O3/c1-2-3-9-4-5-17(8-9)14(19)11-6-10(18(20)21)7-12(15)13(11)16/h6-7,9H,2-5,8,16H2,1H3. The van der Waals surface area contributed by atoms with Crippen LogP contribution in [-0.2, 0) is 0 Å². The Morgan fingerprint density at radius 3 is 2.90 bits per heavy atom. The fourth-order valence-electron chi connectivity index (χ4n) is 2.72. The summed E-state index contributed by atoms with van der Waals surface area (Å²) in [5.74, 6) is 0.214. The van der Waals surface area contributed by atoms with E-state index < -0.39 is 4.92 Å². The summed E-state index contributed by atoms with van der Waals surface area (Å²) >= 11 is 5.89. The molecule has 1 unspecified atom stereocenters. The second-order valence-corrected chi connectivity index (χ2v) is 5.75. The summed E-state index contributed by atoms with van der Waals surface area (Å²) in [6.45, 7) is 3.44. The Balaban J connectivity index is 2.25. The predicted molar refractivity (Wildman–Crippen MR) is 81.4 cm³/mol. The topological polar surface area (TPSA) is 89.5 Å². The number of carbonyl (C=O) groups is 1. The molecule has 0 radical (unpaired) electrons. The van der Waals surface area contributed by atoms with Crippen molar-refractivity contribution in [2.24, 2.45) is 5.92 Å². The second kappa shape index (κ2) is 6.30. The van der Waals surface area contributed by atoms with E-state index in [1.165, 1.54) is 6.07 Å². The minimum Gasteiger partial charge on any atom is -0.397 e. The van der Waals surface area contributed by atoms with Crippen molar-refractivity contribution in [1.82, 2.24) is 4.90 Å². The Hall–Kier alpha value is -1.82. The number of nitrogens with two attached hydrogens (primary N) is 1. The lowest BCUT2D eigenvalue weighted by Crippen LogP contribution is -2.29. The molecule has 1 aromatic carbocycles. The van der Waals surface area contributed by atoms with Crippen LogP contribution in [0.5, 0.6) is 0 Å². The van der Waals surface area contributed by atoms with Gasteiger partial charge in [0.2, 0.25) is 0 Å². The first-order valence-corrected chi connectivity index (χ1v) is 7.34. The molecule has 1 heterocycles. The number of amides is 1. The van der Waals surface area contributed by atoms with Gasteiger partial charge in [-0.05, 0) is 18.8 Å². The second-order valence-electron chi connectivity index (χ2n) is 5.34. The highest BCUT2D eigenvalue weighted by molar-refractivity contribution is 6.34. The number of hydrogen-bond acceptors (Lipinski definition) is 4. The number of likely N-dealkylation sites (tertiary alicyclic amines) is 1. The molecule has 0 saturated carbocycles. The average Bonchev–Trinajstić information content (AvgIpc) is 2.89. The van der Waals surface area contributed by atoms with Crippen LogP contribution in [0.1, 0.15) is 36.5 Å². The molecule has 0 bridgehead atoms. The van der Waals surface area contributed by atoms with E-state index >= 15 is 0 Å². The lowest BCUT2D eigenvalue weighted by atomic mass is 10.0. The van der Waals surface area contributed by atoms with Gasteiger partial charge >= 0.3 is 0 Å². The first-order chi connectivity index (χ1) is 9.93. The molecule has 6 nitrogen and oxygen atoms in total. The summed E-state index contributed by atoms with van der Waals surface area (Å²) in [6, 6.07) is 2.37. The van der Waals surface area contributed by atoms with E-state index in [9.17, 15) is 14.9 Å². The Bertz CT molecular complexity index is 577. The monoisotopic (exact) mass is 311 g/mol. The third-order valence-corrected chi connectivity index (χ3v) is 4.14. The summed E-state index contributed by atoms with van der Waals surface area (Å²) in [7, 11) is 0. The molecule has 1 aliphatic rings. The fourth-order valence-corrected chi connectivity index (χ4v) is 2.93. The molecule has 0 aliphatic carbocycles. The Labute approximate surface area is 128 Å². The first-order valence-electron chi connectivity index (χ1n) is 6.96. The first kappa shape index (κ1) is 15.6. The number of nitrogens with zero attached hydrogens (tertiary/aromatic N) is 2. The zero-order valence-corrected chi connectivity index (χ0v) is 12.6. The third kappa shape index (κ3) is 3.26. The minimum atomic E-state index is -0.577. The molecule has 1 amide bonds. The van der Waals surface area contributed by atoms with Crippen molar-refractivity contribution < 1.29 is 9.72 Å². The molecule has 2 rings (SSSR count). The number of halogens is 1. The van der Waals surface area contributed by atoms with Crippen molar-refractivity contribution in [3.63, 3.8) is 0 Å². The Morgan fingerprint density at radius 2 is 2.29 bits per heavy atom. The highest BCUT2D eigenvalue weighted by Crippen LogP contribution is 2.31. The smallest absolute Gasteiger partial charge is 0.271 e. The molecule has 0 spiro atoms. The van der Waals surface area contributed by atoms with Gasteiger partial charge in [0, 0.05) is 25.2 Å². The van der Waals surface area contributed by atoms with E-state index in [1.54, 1.807) is 4.90 Å². The molecular weight excluding hydrogens is 294 g/mol. The van der Waals surface area contributed by atoms with Crippen LogP contribution in [-0.4, -0.2) is 28.8 Å². The summed E-state index contributed by atoms with van der Waals surface area (Å²) in [6.07, 6.45) is 3.12. The van der Waals surface area contributed by atoms with E-state index in [0.717, 1.165) is 25.3 Å². The van der Waals surface area contributed by atoms with Gasteiger partial charge in [0.15, 0.2) is 0 Å². The minimum absolute atomic E-state index is 0.0388. The number of hydrogen-bond donors (Lipinski definition) is 1. The van der Waals surface area contributed by atoms with Crippen molar-refractivity contribution >= 4 is 28.9 Å². The summed E-state index contributed by atoms with van der Waals surface area (Å²) in [5.41, 5.74) is 5.81. The lowest BCUT2D eigenvalue weighted by molar-refractivity contribution is -0.384. The van der Waals surface area contributed by atoms with E-state index in [-0.39, 0.29) is 27.9 Å². The summed E-state index contributed by atoms with van der Waals surface area (Å²) < 4.78 is 0. The van der Waals surface area contributed by atoms with Crippen LogP contribution in [0, 0.1) is 16.0 Å². The molecule has 7 heteroatoms. The van der Waals surface area contributed by atoms with E-state index in [1.807, 2.05) is 0 Å². The highest BCUT2D eigenvalue weighted by Gasteiger charge is 2.29. The van der Waals surface area contributed by atoms with Crippen LogP contribution in [0.2, 0.25) is 5.02 Å². The molecular formula is C14H18ClN3O3. The molecule has 1 atom stereocenters. The van der Waals surface area contributed by atoms with Crippen molar-refractivity contribution in [3.05, 3.63) is 32.8 Å². The van der Waals surface area contributed by atoms with Gasteiger partial charge in [-0.2, -0.15) is 0 Å². The molecule has 1 saturated heterocycles. The number of non-ortho nitro benzene ring substituents is 1. The Morgan fingerprint density at radius 1 is 1.57 bits per heavy atom. The van der Waals surface area contributed by atoms with Gasteiger partial charge in [-0.3, -0.25) is 14.9 Å². The van der Waals surface area contributed by atoms with Gasteiger partial charge in [-0.15, -0.1) is 0 Å². The van der Waals surface area contributed by atoms with Crippen molar-refractivity contribution in [2.45, 2.75) is 26.2 Å². The van der Waals surface area contributed by atoms with Crippen LogP contribution in [0.25, 0.3) is 0 Å². The van der Waals surface area contributed by atoms with Crippen LogP contribution in [0.3, 0.4) is 0 Å². The predicted octanol–water partition coefficient (Wildman–Crippen LogP) is 3.09. The third-order valence-electron chi connectivity index (χ3n) is 3.83. The molecule has 1 aromatic rings. The van der Waals surface area contributed by atoms with Crippen LogP contribution in [0.15, 0.2) is 12.1 Å². The van der Waals surface area contributed by atoms with Gasteiger partial charge in [0.25, 0.3) is 11.6 Å². The zero-order valence-electron chi connectivity index (χ0n) is 11.8. The maximum atomic E-state index is 12.5. The highest BCUT2D eigenvalue weighted by atomic mass is 35.5. The van der Waals surface area contributed by atoms with E-state index in [2.05, 4.69) is 6.92 Å². The molecule has 1 fully saturated rings. The maximum Gasteiger partial charge on any atom is 0.271 e. The zero-order chi connectivity index (χ0) is 15.6. The maximum absolute atomic E-state index is 12.5. The van der Waals surface area contributed by atoms with Gasteiger partial charge < -0.3 is 10.6 Å². The van der Waals surface area contributed by atoms with E-state index in [0.29, 0.717) is 19.0 Å². The quantitative estimate of drug-likeness (QED) is 0.525. The number of nitro benzene ring substituents is 1.